The van der Waals surface area contributed by atoms with Gasteiger partial charge in [0.05, 0.1) is 0 Å². The van der Waals surface area contributed by atoms with Crippen LogP contribution in [0, 0.1) is 18.6 Å². The van der Waals surface area contributed by atoms with Gasteiger partial charge in [-0.05, 0) is 46.6 Å². The van der Waals surface area contributed by atoms with Crippen molar-refractivity contribution in [2.45, 2.75) is 13.0 Å². The molecule has 3 nitrogen and oxygen atoms in total. The average Bonchev–Trinajstić information content (AvgIpc) is 2.76. The summed E-state index contributed by atoms with van der Waals surface area (Å²) in [5, 5.41) is 0. The molecule has 2 rings (SSSR count). The second kappa shape index (κ2) is 5.17. The number of hydrazine groups is 1. The van der Waals surface area contributed by atoms with Gasteiger partial charge in [0.1, 0.15) is 23.4 Å². The Kier molecular flexibility index (Phi) is 3.79. The van der Waals surface area contributed by atoms with Crippen molar-refractivity contribution in [2.24, 2.45) is 5.84 Å². The van der Waals surface area contributed by atoms with Gasteiger partial charge in [0.15, 0.2) is 4.67 Å². The molecule has 1 heterocycles. The fourth-order valence-corrected chi connectivity index (χ4v) is 2.05. The minimum atomic E-state index is -0.879. The van der Waals surface area contributed by atoms with E-state index in [-0.39, 0.29) is 5.56 Å². The van der Waals surface area contributed by atoms with Crippen LogP contribution in [-0.2, 0) is 0 Å². The second-order valence-electron chi connectivity index (χ2n) is 3.83. The minimum absolute atomic E-state index is 0.153. The summed E-state index contributed by atoms with van der Waals surface area (Å²) in [5.74, 6) is 4.40. The first-order valence-corrected chi connectivity index (χ1v) is 5.99. The molecule has 1 aromatic carbocycles. The molecule has 0 aliphatic carbocycles. The van der Waals surface area contributed by atoms with Crippen LogP contribution in [0.3, 0.4) is 0 Å². The molecule has 0 saturated carbocycles. The molecule has 0 saturated heterocycles. The fourth-order valence-electron chi connectivity index (χ4n) is 1.73. The maximum Gasteiger partial charge on any atom is 0.169 e. The Hall–Kier alpha value is -1.24. The fraction of sp³-hybridized carbons (Fsp3) is 0.167. The normalized spacial score (nSPS) is 12.7. The lowest BCUT2D eigenvalue weighted by Gasteiger charge is -2.16. The summed E-state index contributed by atoms with van der Waals surface area (Å²) in [6.07, 6.45) is 0. The summed E-state index contributed by atoms with van der Waals surface area (Å²) in [7, 11) is 0. The quantitative estimate of drug-likeness (QED) is 0.675. The van der Waals surface area contributed by atoms with Gasteiger partial charge in [-0.25, -0.2) is 14.2 Å². The van der Waals surface area contributed by atoms with Crippen LogP contribution in [0.2, 0.25) is 0 Å². The van der Waals surface area contributed by atoms with Gasteiger partial charge in [-0.2, -0.15) is 0 Å². The van der Waals surface area contributed by atoms with Gasteiger partial charge in [0.25, 0.3) is 0 Å². The average molecular weight is 317 g/mol. The molecule has 0 aliphatic heterocycles. The van der Waals surface area contributed by atoms with E-state index >= 15 is 0 Å². The molecule has 2 aromatic rings. The second-order valence-corrected chi connectivity index (χ2v) is 4.62. The van der Waals surface area contributed by atoms with Crippen LogP contribution in [0.1, 0.15) is 22.9 Å². The van der Waals surface area contributed by atoms with E-state index in [0.717, 1.165) is 0 Å². The highest BCUT2D eigenvalue weighted by atomic mass is 79.9. The summed E-state index contributed by atoms with van der Waals surface area (Å²) in [5.41, 5.74) is 2.55. The van der Waals surface area contributed by atoms with Gasteiger partial charge in [-0.15, -0.1) is 0 Å². The van der Waals surface area contributed by atoms with Crippen LogP contribution >= 0.6 is 15.9 Å². The van der Waals surface area contributed by atoms with Gasteiger partial charge >= 0.3 is 0 Å². The van der Waals surface area contributed by atoms with Gasteiger partial charge in [-0.3, -0.25) is 5.84 Å². The smallest absolute Gasteiger partial charge is 0.169 e. The number of hydrogen-bond acceptors (Lipinski definition) is 3. The van der Waals surface area contributed by atoms with E-state index in [9.17, 15) is 8.78 Å². The van der Waals surface area contributed by atoms with E-state index in [0.29, 0.717) is 16.0 Å². The van der Waals surface area contributed by atoms with Crippen molar-refractivity contribution in [3.05, 3.63) is 57.5 Å². The Morgan fingerprint density at radius 3 is 2.56 bits per heavy atom. The van der Waals surface area contributed by atoms with Crippen LogP contribution in [0.4, 0.5) is 8.78 Å². The maximum absolute atomic E-state index is 14.0. The number of aryl methyl sites for hydroxylation is 1. The van der Waals surface area contributed by atoms with Gasteiger partial charge < -0.3 is 4.42 Å². The Morgan fingerprint density at radius 1 is 1.28 bits per heavy atom. The molecule has 6 heteroatoms. The first-order chi connectivity index (χ1) is 8.54. The highest BCUT2D eigenvalue weighted by Gasteiger charge is 2.24. The van der Waals surface area contributed by atoms with E-state index in [2.05, 4.69) is 21.4 Å². The van der Waals surface area contributed by atoms with Gasteiger partial charge in [-0.1, -0.05) is 6.07 Å². The van der Waals surface area contributed by atoms with Crippen LogP contribution in [0.25, 0.3) is 0 Å². The van der Waals surface area contributed by atoms with Crippen LogP contribution in [-0.4, -0.2) is 0 Å². The summed E-state index contributed by atoms with van der Waals surface area (Å²) < 4.78 is 33.5. The molecule has 3 N–H and O–H groups in total. The summed E-state index contributed by atoms with van der Waals surface area (Å²) in [6.45, 7) is 1.56. The predicted octanol–water partition coefficient (Wildman–Crippen LogP) is 3.18. The SMILES string of the molecule is Cc1ccc(F)c(C(NN)c2ccc(Br)o2)c1F. The van der Waals surface area contributed by atoms with Crippen molar-refractivity contribution in [1.82, 2.24) is 5.43 Å². The van der Waals surface area contributed by atoms with E-state index in [1.54, 1.807) is 19.1 Å². The van der Waals surface area contributed by atoms with Crippen molar-refractivity contribution in [3.8, 4) is 0 Å². The number of benzene rings is 1. The Morgan fingerprint density at radius 2 is 2.00 bits per heavy atom. The molecule has 0 fully saturated rings. The first-order valence-electron chi connectivity index (χ1n) is 5.20. The van der Waals surface area contributed by atoms with Crippen LogP contribution < -0.4 is 11.3 Å². The molecule has 96 valence electrons. The summed E-state index contributed by atoms with van der Waals surface area (Å²) in [4.78, 5) is 0. The maximum atomic E-state index is 14.0. The lowest BCUT2D eigenvalue weighted by atomic mass is 10.0. The molecular formula is C12H11BrF2N2O. The molecular weight excluding hydrogens is 306 g/mol. The Bertz CT molecular complexity index is 571. The Balaban J connectivity index is 2.55. The Labute approximate surface area is 111 Å². The van der Waals surface area contributed by atoms with Crippen LogP contribution in [0.15, 0.2) is 33.4 Å². The topological polar surface area (TPSA) is 51.2 Å². The highest BCUT2D eigenvalue weighted by molar-refractivity contribution is 9.10. The number of hydrogen-bond donors (Lipinski definition) is 2. The van der Waals surface area contributed by atoms with E-state index in [1.165, 1.54) is 12.1 Å². The molecule has 0 bridgehead atoms. The molecule has 0 spiro atoms. The summed E-state index contributed by atoms with van der Waals surface area (Å²) in [6, 6.07) is 4.92. The molecule has 1 unspecified atom stereocenters. The van der Waals surface area contributed by atoms with Gasteiger partial charge in [0, 0.05) is 5.56 Å². The molecule has 0 aliphatic rings. The number of rotatable bonds is 3. The third kappa shape index (κ3) is 2.31. The van der Waals surface area contributed by atoms with Crippen molar-refractivity contribution in [3.63, 3.8) is 0 Å². The van der Waals surface area contributed by atoms with E-state index in [4.69, 9.17) is 10.3 Å². The molecule has 0 amide bonds. The first kappa shape index (κ1) is 13.2. The zero-order chi connectivity index (χ0) is 13.3. The number of halogens is 3. The zero-order valence-electron chi connectivity index (χ0n) is 9.51. The monoisotopic (exact) mass is 316 g/mol. The lowest BCUT2D eigenvalue weighted by Crippen LogP contribution is -2.30. The third-order valence-corrected chi connectivity index (χ3v) is 3.08. The highest BCUT2D eigenvalue weighted by Crippen LogP contribution is 2.30. The largest absolute Gasteiger partial charge is 0.452 e. The van der Waals surface area contributed by atoms with E-state index in [1.807, 2.05) is 0 Å². The molecule has 0 radical (unpaired) electrons. The number of nitrogens with two attached hydrogens (primary N) is 1. The molecule has 1 atom stereocenters. The van der Waals surface area contributed by atoms with Crippen molar-refractivity contribution in [2.75, 3.05) is 0 Å². The standard InChI is InChI=1S/C12H11BrF2N2O/c1-6-2-3-7(14)10(11(6)15)12(17-16)8-4-5-9(13)18-8/h2-5,12,17H,16H2,1H3. The van der Waals surface area contributed by atoms with Crippen molar-refractivity contribution in [1.29, 1.82) is 0 Å². The van der Waals surface area contributed by atoms with E-state index < -0.39 is 17.7 Å². The third-order valence-electron chi connectivity index (χ3n) is 2.65. The zero-order valence-corrected chi connectivity index (χ0v) is 11.1. The minimum Gasteiger partial charge on any atom is -0.452 e. The molecule has 18 heavy (non-hydrogen) atoms. The number of furan rings is 1. The number of nitrogens with one attached hydrogen (secondary N) is 1. The lowest BCUT2D eigenvalue weighted by molar-refractivity contribution is 0.415. The van der Waals surface area contributed by atoms with Crippen molar-refractivity contribution < 1.29 is 13.2 Å². The van der Waals surface area contributed by atoms with Crippen LogP contribution in [0.5, 0.6) is 0 Å². The predicted molar refractivity (Wildman–Crippen MR) is 66.7 cm³/mol. The van der Waals surface area contributed by atoms with Crippen molar-refractivity contribution >= 4 is 15.9 Å². The summed E-state index contributed by atoms with van der Waals surface area (Å²) >= 11 is 3.13. The molecule has 1 aromatic heterocycles. The van der Waals surface area contributed by atoms with Gasteiger partial charge in [0.2, 0.25) is 0 Å².